The maximum Gasteiger partial charge on any atom is 0.419 e. The number of halogens is 4. The first-order chi connectivity index (χ1) is 9.34. The van der Waals surface area contributed by atoms with Gasteiger partial charge in [0.15, 0.2) is 0 Å². The summed E-state index contributed by atoms with van der Waals surface area (Å²) in [6.45, 7) is 1.89. The van der Waals surface area contributed by atoms with Crippen LogP contribution in [0.2, 0.25) is 0 Å². The number of benzene rings is 1. The molecule has 106 valence electrons. The van der Waals surface area contributed by atoms with Gasteiger partial charge in [0.25, 0.3) is 0 Å². The van der Waals surface area contributed by atoms with Crippen LogP contribution in [0.15, 0.2) is 30.3 Å². The third kappa shape index (κ3) is 2.75. The molecule has 1 nitrogen and oxygen atoms in total. The van der Waals surface area contributed by atoms with Crippen molar-refractivity contribution in [3.63, 3.8) is 0 Å². The molecular weight excluding hydrogens is 292 g/mol. The predicted octanol–water partition coefficient (Wildman–Crippen LogP) is 4.70. The van der Waals surface area contributed by atoms with Gasteiger partial charge in [0, 0.05) is 4.88 Å². The van der Waals surface area contributed by atoms with E-state index in [9.17, 15) is 22.4 Å². The minimum atomic E-state index is -4.82. The van der Waals surface area contributed by atoms with Crippen LogP contribution in [-0.2, 0) is 12.6 Å². The number of carbonyl (C=O) groups excluding carboxylic acids is 1. The quantitative estimate of drug-likeness (QED) is 0.593. The van der Waals surface area contributed by atoms with Gasteiger partial charge >= 0.3 is 6.18 Å². The predicted molar refractivity (Wildman–Crippen MR) is 68.5 cm³/mol. The van der Waals surface area contributed by atoms with Crippen molar-refractivity contribution >= 4 is 17.1 Å². The summed E-state index contributed by atoms with van der Waals surface area (Å²) in [5.41, 5.74) is -1.97. The molecule has 1 aromatic heterocycles. The van der Waals surface area contributed by atoms with Gasteiger partial charge in [-0.2, -0.15) is 13.2 Å². The fourth-order valence-electron chi connectivity index (χ4n) is 1.75. The van der Waals surface area contributed by atoms with Crippen molar-refractivity contribution < 1.29 is 22.4 Å². The molecule has 2 aromatic rings. The van der Waals surface area contributed by atoms with Crippen LogP contribution in [0.25, 0.3) is 0 Å². The second-order valence-corrected chi connectivity index (χ2v) is 5.28. The Morgan fingerprint density at radius 1 is 1.20 bits per heavy atom. The van der Waals surface area contributed by atoms with E-state index in [1.807, 2.05) is 6.92 Å². The lowest BCUT2D eigenvalue weighted by atomic mass is 10.0. The fraction of sp³-hybridized carbons (Fsp3) is 0.214. The molecular formula is C14H10F4OS. The molecule has 20 heavy (non-hydrogen) atoms. The standard InChI is InChI=1S/C14H10F4OS/c1-2-8-6-7-11(20-8)13(19)9-4-3-5-10(12(9)15)14(16,17)18/h3-7H,2H2,1H3. The van der Waals surface area contributed by atoms with Gasteiger partial charge in [0.2, 0.25) is 5.78 Å². The summed E-state index contributed by atoms with van der Waals surface area (Å²) < 4.78 is 51.7. The second-order valence-electron chi connectivity index (χ2n) is 4.11. The number of aryl methyl sites for hydroxylation is 1. The Morgan fingerprint density at radius 3 is 2.45 bits per heavy atom. The molecule has 0 N–H and O–H groups in total. The summed E-state index contributed by atoms with van der Waals surface area (Å²) in [5, 5.41) is 0. The Hall–Kier alpha value is -1.69. The van der Waals surface area contributed by atoms with Crippen molar-refractivity contribution in [1.82, 2.24) is 0 Å². The molecule has 0 radical (unpaired) electrons. The van der Waals surface area contributed by atoms with E-state index in [0.29, 0.717) is 12.5 Å². The number of alkyl halides is 3. The van der Waals surface area contributed by atoms with Crippen LogP contribution in [0, 0.1) is 5.82 Å². The highest BCUT2D eigenvalue weighted by Crippen LogP contribution is 2.33. The summed E-state index contributed by atoms with van der Waals surface area (Å²) in [6.07, 6.45) is -4.10. The minimum absolute atomic E-state index is 0.236. The molecule has 0 aliphatic heterocycles. The number of hydrogen-bond acceptors (Lipinski definition) is 2. The molecule has 1 aromatic carbocycles. The molecule has 6 heteroatoms. The van der Waals surface area contributed by atoms with E-state index in [1.54, 1.807) is 6.07 Å². The van der Waals surface area contributed by atoms with Crippen LogP contribution in [0.1, 0.15) is 32.6 Å². The maximum absolute atomic E-state index is 13.9. The molecule has 0 fully saturated rings. The number of carbonyl (C=O) groups is 1. The van der Waals surface area contributed by atoms with Crippen LogP contribution in [0.3, 0.4) is 0 Å². The first-order valence-corrected chi connectivity index (χ1v) is 6.65. The molecule has 0 saturated heterocycles. The number of hydrogen-bond donors (Lipinski definition) is 0. The average Bonchev–Trinajstić information content (AvgIpc) is 2.85. The normalized spacial score (nSPS) is 11.7. The molecule has 0 bridgehead atoms. The van der Waals surface area contributed by atoms with Crippen molar-refractivity contribution in [3.05, 3.63) is 57.0 Å². The Labute approximate surface area is 116 Å². The highest BCUT2D eigenvalue weighted by atomic mass is 32.1. The van der Waals surface area contributed by atoms with Gasteiger partial charge in [-0.05, 0) is 30.7 Å². The van der Waals surface area contributed by atoms with E-state index in [4.69, 9.17) is 0 Å². The van der Waals surface area contributed by atoms with E-state index in [2.05, 4.69) is 0 Å². The zero-order valence-electron chi connectivity index (χ0n) is 10.4. The molecule has 0 atom stereocenters. The molecule has 0 unspecified atom stereocenters. The van der Waals surface area contributed by atoms with Crippen LogP contribution < -0.4 is 0 Å². The van der Waals surface area contributed by atoms with Gasteiger partial charge in [0.1, 0.15) is 5.82 Å². The van der Waals surface area contributed by atoms with E-state index >= 15 is 0 Å². The maximum atomic E-state index is 13.9. The number of rotatable bonds is 3. The zero-order chi connectivity index (χ0) is 14.9. The second kappa shape index (κ2) is 5.36. The van der Waals surface area contributed by atoms with E-state index < -0.39 is 28.9 Å². The van der Waals surface area contributed by atoms with Crippen molar-refractivity contribution in [1.29, 1.82) is 0 Å². The summed E-state index contributed by atoms with van der Waals surface area (Å²) in [7, 11) is 0. The largest absolute Gasteiger partial charge is 0.419 e. The highest BCUT2D eigenvalue weighted by Gasteiger charge is 2.35. The van der Waals surface area contributed by atoms with Crippen LogP contribution in [-0.4, -0.2) is 5.78 Å². The Balaban J connectivity index is 2.45. The highest BCUT2D eigenvalue weighted by molar-refractivity contribution is 7.14. The van der Waals surface area contributed by atoms with Crippen molar-refractivity contribution in [3.8, 4) is 0 Å². The van der Waals surface area contributed by atoms with E-state index in [1.165, 1.54) is 6.07 Å². The third-order valence-electron chi connectivity index (χ3n) is 2.78. The van der Waals surface area contributed by atoms with Gasteiger partial charge in [0.05, 0.1) is 16.0 Å². The van der Waals surface area contributed by atoms with Crippen molar-refractivity contribution in [2.45, 2.75) is 19.5 Å². The first kappa shape index (κ1) is 14.7. The number of ketones is 1. The minimum Gasteiger partial charge on any atom is -0.288 e. The van der Waals surface area contributed by atoms with Gasteiger partial charge in [-0.1, -0.05) is 13.0 Å². The Kier molecular flexibility index (Phi) is 3.94. The lowest BCUT2D eigenvalue weighted by Gasteiger charge is -2.10. The zero-order valence-corrected chi connectivity index (χ0v) is 11.2. The average molecular weight is 302 g/mol. The Morgan fingerprint density at radius 2 is 1.90 bits per heavy atom. The van der Waals surface area contributed by atoms with Crippen LogP contribution in [0.5, 0.6) is 0 Å². The molecule has 2 rings (SSSR count). The van der Waals surface area contributed by atoms with E-state index in [-0.39, 0.29) is 4.88 Å². The molecule has 0 aliphatic rings. The molecule has 0 amide bonds. The molecule has 0 spiro atoms. The monoisotopic (exact) mass is 302 g/mol. The van der Waals surface area contributed by atoms with Crippen molar-refractivity contribution in [2.75, 3.05) is 0 Å². The lowest BCUT2D eigenvalue weighted by Crippen LogP contribution is -2.12. The fourth-order valence-corrected chi connectivity index (χ4v) is 2.65. The van der Waals surface area contributed by atoms with Gasteiger partial charge in [-0.25, -0.2) is 4.39 Å². The smallest absolute Gasteiger partial charge is 0.288 e. The molecule has 1 heterocycles. The van der Waals surface area contributed by atoms with Gasteiger partial charge in [-0.15, -0.1) is 11.3 Å². The van der Waals surface area contributed by atoms with Gasteiger partial charge in [-0.3, -0.25) is 4.79 Å². The summed E-state index contributed by atoms with van der Waals surface area (Å²) in [6, 6.07) is 5.94. The van der Waals surface area contributed by atoms with Gasteiger partial charge < -0.3 is 0 Å². The number of thiophene rings is 1. The van der Waals surface area contributed by atoms with E-state index in [0.717, 1.165) is 28.3 Å². The summed E-state index contributed by atoms with van der Waals surface area (Å²) in [4.78, 5) is 13.2. The summed E-state index contributed by atoms with van der Waals surface area (Å²) >= 11 is 1.16. The molecule has 0 aliphatic carbocycles. The first-order valence-electron chi connectivity index (χ1n) is 5.83. The Bertz CT molecular complexity index is 643. The van der Waals surface area contributed by atoms with Crippen LogP contribution in [0.4, 0.5) is 17.6 Å². The third-order valence-corrected chi connectivity index (χ3v) is 4.01. The molecule has 0 saturated carbocycles. The lowest BCUT2D eigenvalue weighted by molar-refractivity contribution is -0.140. The summed E-state index contributed by atoms with van der Waals surface area (Å²) in [5.74, 6) is -2.24. The van der Waals surface area contributed by atoms with Crippen molar-refractivity contribution in [2.24, 2.45) is 0 Å². The topological polar surface area (TPSA) is 17.1 Å². The van der Waals surface area contributed by atoms with Crippen LogP contribution >= 0.6 is 11.3 Å². The SMILES string of the molecule is CCc1ccc(C(=O)c2cccc(C(F)(F)F)c2F)s1.